The van der Waals surface area contributed by atoms with Gasteiger partial charge in [-0.15, -0.1) is 0 Å². The summed E-state index contributed by atoms with van der Waals surface area (Å²) >= 11 is 3.26. The quantitative estimate of drug-likeness (QED) is 0.791. The molecule has 1 heterocycles. The Kier molecular flexibility index (Phi) is 3.63. The molecule has 2 rings (SSSR count). The lowest BCUT2D eigenvalue weighted by Crippen LogP contribution is -2.24. The summed E-state index contributed by atoms with van der Waals surface area (Å²) in [7, 11) is -3.21. The molecule has 1 amide bonds. The van der Waals surface area contributed by atoms with Crippen LogP contribution in [0.25, 0.3) is 0 Å². The summed E-state index contributed by atoms with van der Waals surface area (Å²) in [6.45, 7) is 0.461. The van der Waals surface area contributed by atoms with Crippen LogP contribution in [0, 0.1) is 0 Å². The standard InChI is InChI=1S/C11H12BrNO4S/c1-18(15,16)10-4-2-8(3-5-10)13-7-9(6-12)17-11(13)14/h2-5,9H,6-7H2,1H3. The molecule has 1 aromatic rings. The maximum Gasteiger partial charge on any atom is 0.414 e. The highest BCUT2D eigenvalue weighted by Crippen LogP contribution is 2.23. The van der Waals surface area contributed by atoms with Gasteiger partial charge in [-0.25, -0.2) is 13.2 Å². The minimum atomic E-state index is -3.21. The van der Waals surface area contributed by atoms with Gasteiger partial charge >= 0.3 is 6.09 Å². The summed E-state index contributed by atoms with van der Waals surface area (Å²) in [5.41, 5.74) is 0.635. The van der Waals surface area contributed by atoms with Crippen LogP contribution in [0.1, 0.15) is 0 Å². The van der Waals surface area contributed by atoms with Gasteiger partial charge in [0.05, 0.1) is 11.4 Å². The Morgan fingerprint density at radius 3 is 2.44 bits per heavy atom. The summed E-state index contributed by atoms with van der Waals surface area (Å²) in [4.78, 5) is 13.3. The van der Waals surface area contributed by atoms with E-state index in [0.29, 0.717) is 17.6 Å². The zero-order valence-corrected chi connectivity index (χ0v) is 12.1. The van der Waals surface area contributed by atoms with Crippen molar-refractivity contribution in [2.24, 2.45) is 0 Å². The first-order valence-corrected chi connectivity index (χ1v) is 8.27. The Labute approximate surface area is 114 Å². The molecule has 7 heteroatoms. The lowest BCUT2D eigenvalue weighted by atomic mass is 10.3. The van der Waals surface area contributed by atoms with Crippen molar-refractivity contribution in [1.29, 1.82) is 0 Å². The Morgan fingerprint density at radius 2 is 2.00 bits per heavy atom. The molecule has 1 aromatic carbocycles. The number of benzene rings is 1. The van der Waals surface area contributed by atoms with Gasteiger partial charge in [0.15, 0.2) is 9.84 Å². The van der Waals surface area contributed by atoms with Crippen molar-refractivity contribution in [3.63, 3.8) is 0 Å². The summed E-state index contributed by atoms with van der Waals surface area (Å²) in [5, 5.41) is 0.580. The monoisotopic (exact) mass is 333 g/mol. The first kappa shape index (κ1) is 13.4. The van der Waals surface area contributed by atoms with E-state index in [4.69, 9.17) is 4.74 Å². The minimum Gasteiger partial charge on any atom is -0.443 e. The average molecular weight is 334 g/mol. The number of carbonyl (C=O) groups excluding carboxylic acids is 1. The highest BCUT2D eigenvalue weighted by Gasteiger charge is 2.31. The lowest BCUT2D eigenvalue weighted by molar-refractivity contribution is 0.152. The van der Waals surface area contributed by atoms with Crippen LogP contribution >= 0.6 is 15.9 Å². The Morgan fingerprint density at radius 1 is 1.39 bits per heavy atom. The molecule has 0 bridgehead atoms. The maximum absolute atomic E-state index is 11.6. The average Bonchev–Trinajstić information content (AvgIpc) is 2.70. The van der Waals surface area contributed by atoms with E-state index in [-0.39, 0.29) is 11.0 Å². The van der Waals surface area contributed by atoms with Gasteiger partial charge in [-0.1, -0.05) is 15.9 Å². The molecule has 0 aliphatic carbocycles. The molecule has 98 valence electrons. The molecule has 1 fully saturated rings. The number of carbonyl (C=O) groups is 1. The van der Waals surface area contributed by atoms with E-state index >= 15 is 0 Å². The highest BCUT2D eigenvalue weighted by atomic mass is 79.9. The Bertz CT molecular complexity index is 555. The van der Waals surface area contributed by atoms with Gasteiger partial charge in [0, 0.05) is 17.3 Å². The van der Waals surface area contributed by atoms with E-state index in [1.54, 1.807) is 12.1 Å². The van der Waals surface area contributed by atoms with Gasteiger partial charge in [-0.2, -0.15) is 0 Å². The predicted molar refractivity (Wildman–Crippen MR) is 71.0 cm³/mol. The maximum atomic E-state index is 11.6. The van der Waals surface area contributed by atoms with Gasteiger partial charge in [0.25, 0.3) is 0 Å². The molecule has 0 saturated carbocycles. The first-order chi connectivity index (χ1) is 8.41. The van der Waals surface area contributed by atoms with Gasteiger partial charge < -0.3 is 4.74 Å². The second kappa shape index (κ2) is 4.89. The fourth-order valence-corrected chi connectivity index (χ4v) is 2.65. The number of ether oxygens (including phenoxy) is 1. The zero-order chi connectivity index (χ0) is 13.3. The smallest absolute Gasteiger partial charge is 0.414 e. The molecule has 0 N–H and O–H groups in total. The van der Waals surface area contributed by atoms with Crippen LogP contribution in [0.2, 0.25) is 0 Å². The van der Waals surface area contributed by atoms with E-state index < -0.39 is 15.9 Å². The van der Waals surface area contributed by atoms with Crippen LogP contribution < -0.4 is 4.90 Å². The van der Waals surface area contributed by atoms with Gasteiger partial charge in [-0.05, 0) is 24.3 Å². The lowest BCUT2D eigenvalue weighted by Gasteiger charge is -2.12. The molecule has 1 aliphatic rings. The number of hydrogen-bond donors (Lipinski definition) is 0. The number of rotatable bonds is 3. The van der Waals surface area contributed by atoms with Gasteiger partial charge in [-0.3, -0.25) is 4.90 Å². The first-order valence-electron chi connectivity index (χ1n) is 5.26. The zero-order valence-electron chi connectivity index (χ0n) is 9.67. The van der Waals surface area contributed by atoms with E-state index in [0.717, 1.165) is 6.26 Å². The number of sulfone groups is 1. The number of halogens is 1. The van der Waals surface area contributed by atoms with Gasteiger partial charge in [0.2, 0.25) is 0 Å². The van der Waals surface area contributed by atoms with Crippen molar-refractivity contribution in [2.75, 3.05) is 23.0 Å². The summed E-state index contributed by atoms with van der Waals surface area (Å²) in [6, 6.07) is 6.18. The van der Waals surface area contributed by atoms with Crippen molar-refractivity contribution in [2.45, 2.75) is 11.0 Å². The summed E-state index contributed by atoms with van der Waals surface area (Å²) < 4.78 is 27.7. The molecule has 1 atom stereocenters. The second-order valence-electron chi connectivity index (χ2n) is 4.04. The number of cyclic esters (lactones) is 1. The highest BCUT2D eigenvalue weighted by molar-refractivity contribution is 9.09. The van der Waals surface area contributed by atoms with Crippen molar-refractivity contribution >= 4 is 37.5 Å². The van der Waals surface area contributed by atoms with Crippen LogP contribution in [0.5, 0.6) is 0 Å². The molecule has 18 heavy (non-hydrogen) atoms. The topological polar surface area (TPSA) is 63.7 Å². The van der Waals surface area contributed by atoms with Crippen molar-refractivity contribution in [3.05, 3.63) is 24.3 Å². The SMILES string of the molecule is CS(=O)(=O)c1ccc(N2CC(CBr)OC2=O)cc1. The molecule has 0 spiro atoms. The molecular weight excluding hydrogens is 322 g/mol. The van der Waals surface area contributed by atoms with Crippen LogP contribution in [0.15, 0.2) is 29.2 Å². The summed E-state index contributed by atoms with van der Waals surface area (Å²) in [5.74, 6) is 0. The third-order valence-corrected chi connectivity index (χ3v) is 4.47. The van der Waals surface area contributed by atoms with E-state index in [2.05, 4.69) is 15.9 Å². The Balaban J connectivity index is 2.23. The van der Waals surface area contributed by atoms with E-state index in [1.165, 1.54) is 17.0 Å². The molecule has 1 unspecified atom stereocenters. The van der Waals surface area contributed by atoms with Gasteiger partial charge in [0.1, 0.15) is 6.10 Å². The largest absolute Gasteiger partial charge is 0.443 e. The number of hydrogen-bond acceptors (Lipinski definition) is 4. The summed E-state index contributed by atoms with van der Waals surface area (Å²) in [6.07, 6.45) is 0.561. The number of anilines is 1. The third kappa shape index (κ3) is 2.67. The molecule has 0 aromatic heterocycles. The van der Waals surface area contributed by atoms with Crippen molar-refractivity contribution in [3.8, 4) is 0 Å². The fraction of sp³-hybridized carbons (Fsp3) is 0.364. The van der Waals surface area contributed by atoms with Crippen LogP contribution in [-0.4, -0.2) is 38.7 Å². The van der Waals surface area contributed by atoms with Crippen LogP contribution in [0.4, 0.5) is 10.5 Å². The Hall–Kier alpha value is -1.08. The molecule has 5 nitrogen and oxygen atoms in total. The van der Waals surface area contributed by atoms with Crippen LogP contribution in [-0.2, 0) is 14.6 Å². The van der Waals surface area contributed by atoms with Crippen molar-refractivity contribution in [1.82, 2.24) is 0 Å². The molecular formula is C11H12BrNO4S. The number of amides is 1. The van der Waals surface area contributed by atoms with E-state index in [1.807, 2.05) is 0 Å². The van der Waals surface area contributed by atoms with Crippen LogP contribution in [0.3, 0.4) is 0 Å². The normalized spacial score (nSPS) is 20.0. The molecule has 0 radical (unpaired) electrons. The molecule has 1 aliphatic heterocycles. The number of nitrogens with zero attached hydrogens (tertiary/aromatic N) is 1. The molecule has 1 saturated heterocycles. The van der Waals surface area contributed by atoms with Crippen molar-refractivity contribution < 1.29 is 17.9 Å². The third-order valence-electron chi connectivity index (χ3n) is 2.62. The minimum absolute atomic E-state index is 0.174. The predicted octanol–water partition coefficient (Wildman–Crippen LogP) is 1.81. The second-order valence-corrected chi connectivity index (χ2v) is 6.70. The number of alkyl halides is 1. The fourth-order valence-electron chi connectivity index (χ4n) is 1.69. The van der Waals surface area contributed by atoms with E-state index in [9.17, 15) is 13.2 Å².